The van der Waals surface area contributed by atoms with E-state index in [-0.39, 0.29) is 6.61 Å². The Labute approximate surface area is 71.5 Å². The summed E-state index contributed by atoms with van der Waals surface area (Å²) >= 11 is 0. The van der Waals surface area contributed by atoms with Crippen molar-refractivity contribution < 1.29 is 13.5 Å². The standard InChI is InChI=1S/C8H14F2NO/c1-11-5-2-3-7(11)4-6-12-8(9)10/h7H,2-6H2,1H3. The molecular weight excluding hydrogens is 164 g/mol. The highest BCUT2D eigenvalue weighted by Gasteiger charge is 2.20. The molecule has 0 aliphatic carbocycles. The van der Waals surface area contributed by atoms with Crippen LogP contribution in [0.2, 0.25) is 0 Å². The molecule has 0 aromatic carbocycles. The number of ether oxygens (including phenoxy) is 1. The number of hydrogen-bond acceptors (Lipinski definition) is 2. The molecule has 1 aliphatic rings. The fourth-order valence-corrected chi connectivity index (χ4v) is 1.62. The van der Waals surface area contributed by atoms with Crippen molar-refractivity contribution in [2.75, 3.05) is 20.2 Å². The summed E-state index contributed by atoms with van der Waals surface area (Å²) in [4.78, 5) is 2.19. The zero-order valence-electron chi connectivity index (χ0n) is 7.22. The van der Waals surface area contributed by atoms with E-state index in [2.05, 4.69) is 9.64 Å². The van der Waals surface area contributed by atoms with Crippen LogP contribution in [-0.2, 0) is 4.74 Å². The maximum Gasteiger partial charge on any atom is 0.448 e. The summed E-state index contributed by atoms with van der Waals surface area (Å²) in [5, 5.41) is 0. The van der Waals surface area contributed by atoms with E-state index in [4.69, 9.17) is 0 Å². The SMILES string of the molecule is CN1CCCC1CCO[C](F)F. The minimum absolute atomic E-state index is 0.136. The van der Waals surface area contributed by atoms with E-state index < -0.39 is 6.61 Å². The van der Waals surface area contributed by atoms with Crippen LogP contribution in [0.25, 0.3) is 0 Å². The quantitative estimate of drug-likeness (QED) is 0.651. The molecule has 1 fully saturated rings. The smallest absolute Gasteiger partial charge is 0.313 e. The number of rotatable bonds is 4. The van der Waals surface area contributed by atoms with Gasteiger partial charge in [-0.3, -0.25) is 0 Å². The van der Waals surface area contributed by atoms with Crippen molar-refractivity contribution in [3.8, 4) is 0 Å². The molecule has 1 heterocycles. The van der Waals surface area contributed by atoms with Crippen molar-refractivity contribution in [1.82, 2.24) is 4.90 Å². The number of hydrogen-bond donors (Lipinski definition) is 0. The second-order valence-electron chi connectivity index (χ2n) is 3.14. The average molecular weight is 178 g/mol. The molecule has 2 nitrogen and oxygen atoms in total. The van der Waals surface area contributed by atoms with Crippen LogP contribution in [-0.4, -0.2) is 31.1 Å². The number of nitrogens with zero attached hydrogens (tertiary/aromatic N) is 1. The van der Waals surface area contributed by atoms with E-state index in [1.165, 1.54) is 6.42 Å². The highest BCUT2D eigenvalue weighted by atomic mass is 19.3. The Morgan fingerprint density at radius 1 is 1.58 bits per heavy atom. The molecule has 0 aromatic heterocycles. The van der Waals surface area contributed by atoms with Gasteiger partial charge in [0, 0.05) is 6.04 Å². The van der Waals surface area contributed by atoms with Crippen LogP contribution in [0.3, 0.4) is 0 Å². The maximum atomic E-state index is 11.5. The highest BCUT2D eigenvalue weighted by molar-refractivity contribution is 4.75. The number of likely N-dealkylation sites (tertiary alicyclic amines) is 1. The van der Waals surface area contributed by atoms with Crippen LogP contribution in [0.15, 0.2) is 0 Å². The predicted octanol–water partition coefficient (Wildman–Crippen LogP) is 1.87. The minimum atomic E-state index is -1.92. The molecule has 71 valence electrons. The van der Waals surface area contributed by atoms with Gasteiger partial charge in [-0.25, -0.2) is 0 Å². The monoisotopic (exact) mass is 178 g/mol. The largest absolute Gasteiger partial charge is 0.448 e. The molecule has 4 heteroatoms. The maximum absolute atomic E-state index is 11.5. The summed E-state index contributed by atoms with van der Waals surface area (Å²) in [5.74, 6) is 0. The summed E-state index contributed by atoms with van der Waals surface area (Å²) in [6.45, 7) is -0.709. The summed E-state index contributed by atoms with van der Waals surface area (Å²) in [7, 11) is 2.02. The van der Waals surface area contributed by atoms with Gasteiger partial charge in [0.15, 0.2) is 0 Å². The third-order valence-corrected chi connectivity index (χ3v) is 2.33. The van der Waals surface area contributed by atoms with Crippen LogP contribution >= 0.6 is 0 Å². The molecule has 0 spiro atoms. The molecule has 1 saturated heterocycles. The summed E-state index contributed by atoms with van der Waals surface area (Å²) in [6.07, 6.45) is 2.98. The van der Waals surface area contributed by atoms with Gasteiger partial charge in [0.1, 0.15) is 0 Å². The molecule has 0 amide bonds. The summed E-state index contributed by atoms with van der Waals surface area (Å²) in [5.41, 5.74) is 0. The van der Waals surface area contributed by atoms with Gasteiger partial charge in [-0.05, 0) is 32.9 Å². The molecule has 0 N–H and O–H groups in total. The summed E-state index contributed by atoms with van der Waals surface area (Å²) < 4.78 is 27.1. The molecular formula is C8H14F2NO. The molecule has 1 unspecified atom stereocenters. The fourth-order valence-electron chi connectivity index (χ4n) is 1.62. The third-order valence-electron chi connectivity index (χ3n) is 2.33. The van der Waals surface area contributed by atoms with Gasteiger partial charge in [-0.1, -0.05) is 0 Å². The van der Waals surface area contributed by atoms with Crippen LogP contribution in [0.1, 0.15) is 19.3 Å². The van der Waals surface area contributed by atoms with Gasteiger partial charge in [-0.15, -0.1) is 0 Å². The number of halogens is 2. The van der Waals surface area contributed by atoms with Crippen LogP contribution in [0.5, 0.6) is 0 Å². The third kappa shape index (κ3) is 3.03. The second-order valence-corrected chi connectivity index (χ2v) is 3.14. The zero-order chi connectivity index (χ0) is 8.97. The van der Waals surface area contributed by atoms with Gasteiger partial charge < -0.3 is 9.64 Å². The normalized spacial score (nSPS) is 25.5. The Morgan fingerprint density at radius 2 is 2.33 bits per heavy atom. The fraction of sp³-hybridized carbons (Fsp3) is 0.875. The Balaban J connectivity index is 2.06. The van der Waals surface area contributed by atoms with Crippen molar-refractivity contribution in [3.63, 3.8) is 0 Å². The minimum Gasteiger partial charge on any atom is -0.313 e. The van der Waals surface area contributed by atoms with E-state index in [9.17, 15) is 8.78 Å². The molecule has 0 aromatic rings. The van der Waals surface area contributed by atoms with E-state index in [0.717, 1.165) is 13.0 Å². The lowest BCUT2D eigenvalue weighted by atomic mass is 10.2. The molecule has 1 atom stereocenters. The Kier molecular flexibility index (Phi) is 3.88. The first-order valence-electron chi connectivity index (χ1n) is 4.21. The first-order valence-corrected chi connectivity index (χ1v) is 4.21. The molecule has 12 heavy (non-hydrogen) atoms. The van der Waals surface area contributed by atoms with Gasteiger partial charge in [0.25, 0.3) is 0 Å². The average Bonchev–Trinajstić information content (AvgIpc) is 2.36. The summed E-state index contributed by atoms with van der Waals surface area (Å²) in [6, 6.07) is 0.435. The van der Waals surface area contributed by atoms with Crippen molar-refractivity contribution in [3.05, 3.63) is 6.61 Å². The lowest BCUT2D eigenvalue weighted by molar-refractivity contribution is -0.0246. The van der Waals surface area contributed by atoms with Gasteiger partial charge in [0.05, 0.1) is 6.61 Å². The molecule has 1 aliphatic heterocycles. The van der Waals surface area contributed by atoms with E-state index >= 15 is 0 Å². The van der Waals surface area contributed by atoms with Gasteiger partial charge >= 0.3 is 6.61 Å². The van der Waals surface area contributed by atoms with Crippen LogP contribution in [0.4, 0.5) is 8.78 Å². The van der Waals surface area contributed by atoms with Crippen molar-refractivity contribution in [2.45, 2.75) is 25.3 Å². The predicted molar refractivity (Wildman–Crippen MR) is 41.7 cm³/mol. The lowest BCUT2D eigenvalue weighted by Crippen LogP contribution is -2.26. The molecule has 1 rings (SSSR count). The second kappa shape index (κ2) is 4.72. The first-order chi connectivity index (χ1) is 5.70. The first kappa shape index (κ1) is 9.86. The highest BCUT2D eigenvalue weighted by Crippen LogP contribution is 2.18. The van der Waals surface area contributed by atoms with Crippen molar-refractivity contribution >= 4 is 0 Å². The topological polar surface area (TPSA) is 12.5 Å². The molecule has 0 bridgehead atoms. The lowest BCUT2D eigenvalue weighted by Gasteiger charge is -2.18. The van der Waals surface area contributed by atoms with Crippen LogP contribution in [0, 0.1) is 6.61 Å². The molecule has 1 radical (unpaired) electrons. The van der Waals surface area contributed by atoms with Crippen molar-refractivity contribution in [1.29, 1.82) is 0 Å². The van der Waals surface area contributed by atoms with E-state index in [0.29, 0.717) is 12.5 Å². The van der Waals surface area contributed by atoms with E-state index in [1.807, 2.05) is 7.05 Å². The molecule has 0 saturated carbocycles. The van der Waals surface area contributed by atoms with Gasteiger partial charge in [0.2, 0.25) is 0 Å². The van der Waals surface area contributed by atoms with Crippen molar-refractivity contribution in [2.24, 2.45) is 0 Å². The Bertz CT molecular complexity index is 132. The zero-order valence-corrected chi connectivity index (χ0v) is 7.22. The van der Waals surface area contributed by atoms with Crippen LogP contribution < -0.4 is 0 Å². The Hall–Kier alpha value is -0.220. The Morgan fingerprint density at radius 3 is 2.83 bits per heavy atom. The van der Waals surface area contributed by atoms with Gasteiger partial charge in [-0.2, -0.15) is 8.78 Å². The van der Waals surface area contributed by atoms with E-state index in [1.54, 1.807) is 0 Å².